The van der Waals surface area contributed by atoms with Crippen LogP contribution >= 0.6 is 15.9 Å². The smallest absolute Gasteiger partial charge is 0.278 e. The second-order valence-corrected chi connectivity index (χ2v) is 5.04. The van der Waals surface area contributed by atoms with Crippen LogP contribution in [0.1, 0.15) is 27.4 Å². The number of aryl methyl sites for hydroxylation is 2. The maximum atomic E-state index is 12.0. The van der Waals surface area contributed by atoms with E-state index in [0.717, 1.165) is 21.3 Å². The normalized spacial score (nSPS) is 10.4. The lowest BCUT2D eigenvalue weighted by atomic mass is 10.2. The van der Waals surface area contributed by atoms with Gasteiger partial charge < -0.3 is 9.84 Å². The van der Waals surface area contributed by atoms with E-state index < -0.39 is 0 Å². The molecule has 0 atom stereocenters. The molecule has 0 fully saturated rings. The SMILES string of the molecule is Cc1cc(Br)ccc1NC(=O)c1noc(C)c1C. The lowest BCUT2D eigenvalue weighted by molar-refractivity contribution is 0.101. The predicted molar refractivity (Wildman–Crippen MR) is 72.8 cm³/mol. The Labute approximate surface area is 113 Å². The third-order valence-electron chi connectivity index (χ3n) is 2.81. The maximum absolute atomic E-state index is 12.0. The van der Waals surface area contributed by atoms with Gasteiger partial charge in [-0.1, -0.05) is 21.1 Å². The molecule has 18 heavy (non-hydrogen) atoms. The number of carbonyl (C=O) groups is 1. The Morgan fingerprint density at radius 2 is 2.06 bits per heavy atom. The van der Waals surface area contributed by atoms with Crippen LogP contribution in [0.4, 0.5) is 5.69 Å². The van der Waals surface area contributed by atoms with E-state index in [4.69, 9.17) is 4.52 Å². The van der Waals surface area contributed by atoms with Crippen molar-refractivity contribution in [3.63, 3.8) is 0 Å². The first kappa shape index (κ1) is 12.8. The van der Waals surface area contributed by atoms with E-state index in [1.807, 2.05) is 32.0 Å². The summed E-state index contributed by atoms with van der Waals surface area (Å²) in [5.74, 6) is 0.405. The highest BCUT2D eigenvalue weighted by molar-refractivity contribution is 9.10. The predicted octanol–water partition coefficient (Wildman–Crippen LogP) is 3.61. The summed E-state index contributed by atoms with van der Waals surface area (Å²) in [6.07, 6.45) is 0. The van der Waals surface area contributed by atoms with Gasteiger partial charge in [-0.15, -0.1) is 0 Å². The number of carbonyl (C=O) groups excluding carboxylic acids is 1. The third-order valence-corrected chi connectivity index (χ3v) is 3.30. The molecule has 0 radical (unpaired) electrons. The van der Waals surface area contributed by atoms with Gasteiger partial charge >= 0.3 is 0 Å². The summed E-state index contributed by atoms with van der Waals surface area (Å²) in [4.78, 5) is 12.0. The van der Waals surface area contributed by atoms with Gasteiger partial charge in [-0.2, -0.15) is 0 Å². The van der Waals surface area contributed by atoms with Crippen molar-refractivity contribution in [3.8, 4) is 0 Å². The van der Waals surface area contributed by atoms with Gasteiger partial charge in [0.25, 0.3) is 5.91 Å². The Bertz CT molecular complexity index is 605. The summed E-state index contributed by atoms with van der Waals surface area (Å²) in [5, 5.41) is 6.59. The summed E-state index contributed by atoms with van der Waals surface area (Å²) < 4.78 is 5.96. The Morgan fingerprint density at radius 1 is 1.33 bits per heavy atom. The van der Waals surface area contributed by atoms with Crippen LogP contribution in [-0.4, -0.2) is 11.1 Å². The highest BCUT2D eigenvalue weighted by Gasteiger charge is 2.16. The van der Waals surface area contributed by atoms with Crippen LogP contribution in [0.3, 0.4) is 0 Å². The average Bonchev–Trinajstić information content (AvgIpc) is 2.64. The minimum atomic E-state index is -0.255. The van der Waals surface area contributed by atoms with Crippen molar-refractivity contribution in [2.45, 2.75) is 20.8 Å². The number of halogens is 1. The number of amides is 1. The molecule has 94 valence electrons. The number of rotatable bonds is 2. The van der Waals surface area contributed by atoms with Crippen molar-refractivity contribution in [2.24, 2.45) is 0 Å². The molecule has 2 aromatic rings. The van der Waals surface area contributed by atoms with Gasteiger partial charge in [0.05, 0.1) is 0 Å². The molecule has 1 aromatic carbocycles. The first-order valence-electron chi connectivity index (χ1n) is 5.49. The van der Waals surface area contributed by atoms with Crippen LogP contribution in [-0.2, 0) is 0 Å². The van der Waals surface area contributed by atoms with Gasteiger partial charge in [0.2, 0.25) is 0 Å². The molecule has 1 aromatic heterocycles. The van der Waals surface area contributed by atoms with E-state index in [2.05, 4.69) is 26.4 Å². The van der Waals surface area contributed by atoms with Crippen molar-refractivity contribution in [3.05, 3.63) is 45.3 Å². The van der Waals surface area contributed by atoms with Crippen LogP contribution in [0, 0.1) is 20.8 Å². The summed E-state index contributed by atoms with van der Waals surface area (Å²) in [6.45, 7) is 5.53. The molecular weight excluding hydrogens is 296 g/mol. The lowest BCUT2D eigenvalue weighted by Gasteiger charge is -2.07. The van der Waals surface area contributed by atoms with Crippen LogP contribution in [0.15, 0.2) is 27.2 Å². The van der Waals surface area contributed by atoms with E-state index in [1.54, 1.807) is 6.92 Å². The zero-order valence-electron chi connectivity index (χ0n) is 10.4. The fourth-order valence-corrected chi connectivity index (χ4v) is 2.05. The zero-order valence-corrected chi connectivity index (χ0v) is 12.0. The molecule has 0 aliphatic heterocycles. The number of hydrogen-bond donors (Lipinski definition) is 1. The summed E-state index contributed by atoms with van der Waals surface area (Å²) in [7, 11) is 0. The number of anilines is 1. The van der Waals surface area contributed by atoms with Crippen LogP contribution in [0.25, 0.3) is 0 Å². The highest BCUT2D eigenvalue weighted by Crippen LogP contribution is 2.21. The minimum Gasteiger partial charge on any atom is -0.361 e. The fraction of sp³-hybridized carbons (Fsp3) is 0.231. The van der Waals surface area contributed by atoms with Crippen LogP contribution in [0.2, 0.25) is 0 Å². The van der Waals surface area contributed by atoms with E-state index in [9.17, 15) is 4.79 Å². The van der Waals surface area contributed by atoms with Crippen molar-refractivity contribution in [1.29, 1.82) is 0 Å². The number of nitrogens with one attached hydrogen (secondary N) is 1. The second-order valence-electron chi connectivity index (χ2n) is 4.13. The topological polar surface area (TPSA) is 55.1 Å². The average molecular weight is 309 g/mol. The molecule has 4 nitrogen and oxygen atoms in total. The molecule has 2 rings (SSSR count). The summed E-state index contributed by atoms with van der Waals surface area (Å²) >= 11 is 3.38. The van der Waals surface area contributed by atoms with Crippen molar-refractivity contribution >= 4 is 27.5 Å². The van der Waals surface area contributed by atoms with Gasteiger partial charge in [0.15, 0.2) is 5.69 Å². The van der Waals surface area contributed by atoms with E-state index in [-0.39, 0.29) is 5.91 Å². The molecule has 0 saturated carbocycles. The van der Waals surface area contributed by atoms with Gasteiger partial charge in [0.1, 0.15) is 5.76 Å². The van der Waals surface area contributed by atoms with E-state index >= 15 is 0 Å². The molecule has 0 unspecified atom stereocenters. The van der Waals surface area contributed by atoms with Gasteiger partial charge in [-0.25, -0.2) is 0 Å². The minimum absolute atomic E-state index is 0.255. The number of aromatic nitrogens is 1. The first-order chi connectivity index (χ1) is 8.49. The van der Waals surface area contributed by atoms with Gasteiger partial charge in [0, 0.05) is 15.7 Å². The van der Waals surface area contributed by atoms with Crippen LogP contribution in [0.5, 0.6) is 0 Å². The third kappa shape index (κ3) is 2.46. The van der Waals surface area contributed by atoms with Crippen molar-refractivity contribution in [2.75, 3.05) is 5.32 Å². The molecule has 5 heteroatoms. The first-order valence-corrected chi connectivity index (χ1v) is 6.28. The Hall–Kier alpha value is -1.62. The quantitative estimate of drug-likeness (QED) is 0.922. The van der Waals surface area contributed by atoms with Crippen molar-refractivity contribution in [1.82, 2.24) is 5.16 Å². The number of nitrogens with zero attached hydrogens (tertiary/aromatic N) is 1. The highest BCUT2D eigenvalue weighted by atomic mass is 79.9. The standard InChI is InChI=1S/C13H13BrN2O2/c1-7-6-10(14)4-5-11(7)15-13(17)12-8(2)9(3)18-16-12/h4-6H,1-3H3,(H,15,17). The van der Waals surface area contributed by atoms with E-state index in [1.165, 1.54) is 0 Å². The second kappa shape index (κ2) is 4.94. The fourth-order valence-electron chi connectivity index (χ4n) is 1.58. The maximum Gasteiger partial charge on any atom is 0.278 e. The van der Waals surface area contributed by atoms with Gasteiger partial charge in [-0.05, 0) is 44.5 Å². The molecule has 0 spiro atoms. The van der Waals surface area contributed by atoms with E-state index in [0.29, 0.717) is 11.5 Å². The molecule has 1 N–H and O–H groups in total. The number of hydrogen-bond acceptors (Lipinski definition) is 3. The summed E-state index contributed by atoms with van der Waals surface area (Å²) in [5.41, 5.74) is 2.84. The Kier molecular flexibility index (Phi) is 3.52. The molecule has 1 amide bonds. The number of benzene rings is 1. The molecular formula is C13H13BrN2O2. The largest absolute Gasteiger partial charge is 0.361 e. The van der Waals surface area contributed by atoms with Gasteiger partial charge in [-0.3, -0.25) is 4.79 Å². The monoisotopic (exact) mass is 308 g/mol. The Morgan fingerprint density at radius 3 is 2.61 bits per heavy atom. The lowest BCUT2D eigenvalue weighted by Crippen LogP contribution is -2.14. The van der Waals surface area contributed by atoms with Crippen molar-refractivity contribution < 1.29 is 9.32 Å². The molecule has 0 aliphatic carbocycles. The molecule has 0 saturated heterocycles. The van der Waals surface area contributed by atoms with Crippen LogP contribution < -0.4 is 5.32 Å². The molecule has 0 aliphatic rings. The molecule has 0 bridgehead atoms. The summed E-state index contributed by atoms with van der Waals surface area (Å²) in [6, 6.07) is 5.67. The molecule has 1 heterocycles. The zero-order chi connectivity index (χ0) is 13.3. The Balaban J connectivity index is 2.24.